The molecular weight excluding hydrogens is 260 g/mol. The van der Waals surface area contributed by atoms with Gasteiger partial charge < -0.3 is 10.1 Å². The first-order valence-corrected chi connectivity index (χ1v) is 8.46. The van der Waals surface area contributed by atoms with Crippen LogP contribution in [-0.2, 0) is 6.42 Å². The molecule has 0 aliphatic carbocycles. The minimum Gasteiger partial charge on any atom is -0.488 e. The van der Waals surface area contributed by atoms with Crippen LogP contribution < -0.4 is 10.1 Å². The fourth-order valence-corrected chi connectivity index (χ4v) is 3.56. The molecule has 0 aromatic heterocycles. The average Bonchev–Trinajstić information content (AvgIpc) is 2.89. The lowest BCUT2D eigenvalue weighted by molar-refractivity contribution is 0.141. The van der Waals surface area contributed by atoms with E-state index in [0.717, 1.165) is 31.8 Å². The van der Waals surface area contributed by atoms with E-state index in [-0.39, 0.29) is 0 Å². The molecule has 3 nitrogen and oxygen atoms in total. The van der Waals surface area contributed by atoms with E-state index in [1.807, 2.05) is 0 Å². The quantitative estimate of drug-likeness (QED) is 0.901. The number of ether oxygens (including phenoxy) is 1. The Morgan fingerprint density at radius 2 is 2.19 bits per heavy atom. The Labute approximate surface area is 128 Å². The van der Waals surface area contributed by atoms with Crippen LogP contribution in [0.1, 0.15) is 37.3 Å². The first kappa shape index (κ1) is 14.9. The van der Waals surface area contributed by atoms with Gasteiger partial charge in [-0.15, -0.1) is 0 Å². The third-order valence-electron chi connectivity index (χ3n) is 4.76. The van der Waals surface area contributed by atoms with Crippen molar-refractivity contribution < 1.29 is 4.74 Å². The third kappa shape index (κ3) is 3.78. The van der Waals surface area contributed by atoms with Gasteiger partial charge in [0.2, 0.25) is 0 Å². The maximum absolute atomic E-state index is 6.12. The van der Waals surface area contributed by atoms with Gasteiger partial charge in [0.05, 0.1) is 0 Å². The van der Waals surface area contributed by atoms with Crippen LogP contribution in [0.4, 0.5) is 0 Å². The summed E-state index contributed by atoms with van der Waals surface area (Å²) in [6.45, 7) is 8.91. The van der Waals surface area contributed by atoms with Crippen molar-refractivity contribution in [3.8, 4) is 5.75 Å². The van der Waals surface area contributed by atoms with Gasteiger partial charge >= 0.3 is 0 Å². The minimum absolute atomic E-state index is 0.324. The summed E-state index contributed by atoms with van der Waals surface area (Å²) in [6.07, 6.45) is 5.42. The van der Waals surface area contributed by atoms with Gasteiger partial charge in [-0.05, 0) is 44.5 Å². The molecule has 2 aliphatic rings. The van der Waals surface area contributed by atoms with Crippen LogP contribution >= 0.6 is 0 Å². The molecule has 2 aliphatic heterocycles. The fourth-order valence-electron chi connectivity index (χ4n) is 3.56. The second kappa shape index (κ2) is 6.80. The normalized spacial score (nSPS) is 24.9. The molecule has 2 atom stereocenters. The molecule has 3 rings (SSSR count). The average molecular weight is 288 g/mol. The Hall–Kier alpha value is -1.06. The van der Waals surface area contributed by atoms with Crippen LogP contribution in [0.25, 0.3) is 0 Å². The van der Waals surface area contributed by atoms with Gasteiger partial charge in [0, 0.05) is 25.6 Å². The molecule has 0 saturated carbocycles. The van der Waals surface area contributed by atoms with E-state index in [9.17, 15) is 0 Å². The number of aryl methyl sites for hydroxylation is 1. The number of fused-ring (bicyclic) bond motifs is 1. The van der Waals surface area contributed by atoms with Crippen LogP contribution in [0.15, 0.2) is 18.2 Å². The molecule has 1 saturated heterocycles. The lowest BCUT2D eigenvalue weighted by Gasteiger charge is -2.31. The standard InChI is InChI=1S/C18H28N2O/c1-3-20(12-16-6-4-5-9-19-16)13-17-11-15-10-14(2)7-8-18(15)21-17/h7-8,10,16-17,19H,3-6,9,11-13H2,1-2H3. The van der Waals surface area contributed by atoms with E-state index in [1.165, 1.54) is 36.9 Å². The van der Waals surface area contributed by atoms with Crippen molar-refractivity contribution in [1.29, 1.82) is 0 Å². The number of hydrogen-bond acceptors (Lipinski definition) is 3. The lowest BCUT2D eigenvalue weighted by atomic mass is 10.0. The Morgan fingerprint density at radius 3 is 2.95 bits per heavy atom. The molecule has 0 amide bonds. The Morgan fingerprint density at radius 1 is 1.29 bits per heavy atom. The zero-order chi connectivity index (χ0) is 14.7. The van der Waals surface area contributed by atoms with Crippen LogP contribution in [-0.4, -0.2) is 43.2 Å². The number of hydrogen-bond donors (Lipinski definition) is 1. The van der Waals surface area contributed by atoms with E-state index >= 15 is 0 Å². The molecular formula is C18H28N2O. The summed E-state index contributed by atoms with van der Waals surface area (Å²) in [5.41, 5.74) is 2.71. The molecule has 21 heavy (non-hydrogen) atoms. The zero-order valence-corrected chi connectivity index (χ0v) is 13.4. The summed E-state index contributed by atoms with van der Waals surface area (Å²) >= 11 is 0. The maximum Gasteiger partial charge on any atom is 0.123 e. The molecule has 2 unspecified atom stereocenters. The minimum atomic E-state index is 0.324. The predicted molar refractivity (Wildman–Crippen MR) is 87.1 cm³/mol. The van der Waals surface area contributed by atoms with Crippen molar-refractivity contribution in [3.05, 3.63) is 29.3 Å². The number of piperidine rings is 1. The van der Waals surface area contributed by atoms with Crippen LogP contribution in [0.3, 0.4) is 0 Å². The van der Waals surface area contributed by atoms with E-state index < -0.39 is 0 Å². The molecule has 1 aromatic rings. The van der Waals surface area contributed by atoms with Crippen molar-refractivity contribution in [1.82, 2.24) is 10.2 Å². The van der Waals surface area contributed by atoms with Gasteiger partial charge in [0.1, 0.15) is 11.9 Å². The molecule has 2 heterocycles. The smallest absolute Gasteiger partial charge is 0.123 e. The maximum atomic E-state index is 6.12. The highest BCUT2D eigenvalue weighted by Gasteiger charge is 2.25. The number of benzene rings is 1. The van der Waals surface area contributed by atoms with Crippen LogP contribution in [0, 0.1) is 6.92 Å². The van der Waals surface area contributed by atoms with Crippen molar-refractivity contribution in [3.63, 3.8) is 0 Å². The molecule has 3 heteroatoms. The Balaban J connectivity index is 1.53. The molecule has 0 bridgehead atoms. The van der Waals surface area contributed by atoms with E-state index in [4.69, 9.17) is 4.74 Å². The van der Waals surface area contributed by atoms with Crippen molar-refractivity contribution in [2.24, 2.45) is 0 Å². The van der Waals surface area contributed by atoms with E-state index in [1.54, 1.807) is 0 Å². The lowest BCUT2D eigenvalue weighted by Crippen LogP contribution is -2.46. The molecule has 1 fully saturated rings. The Kier molecular flexibility index (Phi) is 4.81. The highest BCUT2D eigenvalue weighted by molar-refractivity contribution is 5.40. The number of nitrogens with one attached hydrogen (secondary N) is 1. The molecule has 116 valence electrons. The number of nitrogens with zero attached hydrogens (tertiary/aromatic N) is 1. The molecule has 1 aromatic carbocycles. The Bertz CT molecular complexity index is 468. The molecule has 0 radical (unpaired) electrons. The summed E-state index contributed by atoms with van der Waals surface area (Å²) in [7, 11) is 0. The summed E-state index contributed by atoms with van der Waals surface area (Å²) in [5, 5.41) is 3.65. The third-order valence-corrected chi connectivity index (χ3v) is 4.76. The van der Waals surface area contributed by atoms with E-state index in [0.29, 0.717) is 12.1 Å². The fraction of sp³-hybridized carbons (Fsp3) is 0.667. The summed E-state index contributed by atoms with van der Waals surface area (Å²) in [6, 6.07) is 7.22. The second-order valence-electron chi connectivity index (χ2n) is 6.55. The van der Waals surface area contributed by atoms with Gasteiger partial charge in [-0.25, -0.2) is 0 Å². The van der Waals surface area contributed by atoms with Crippen molar-refractivity contribution >= 4 is 0 Å². The van der Waals surface area contributed by atoms with E-state index in [2.05, 4.69) is 42.3 Å². The van der Waals surface area contributed by atoms with Crippen molar-refractivity contribution in [2.75, 3.05) is 26.2 Å². The van der Waals surface area contributed by atoms with Gasteiger partial charge in [0.25, 0.3) is 0 Å². The molecule has 0 spiro atoms. The zero-order valence-electron chi connectivity index (χ0n) is 13.4. The number of rotatable bonds is 5. The van der Waals surface area contributed by atoms with Gasteiger partial charge in [-0.3, -0.25) is 4.90 Å². The monoisotopic (exact) mass is 288 g/mol. The van der Waals surface area contributed by atoms with Gasteiger partial charge in [-0.2, -0.15) is 0 Å². The van der Waals surface area contributed by atoms with Gasteiger partial charge in [-0.1, -0.05) is 31.0 Å². The summed E-state index contributed by atoms with van der Waals surface area (Å²) in [4.78, 5) is 2.55. The first-order chi connectivity index (χ1) is 10.2. The SMILES string of the molecule is CCN(CC1CCCCN1)CC1Cc2cc(C)ccc2O1. The predicted octanol–water partition coefficient (Wildman–Crippen LogP) is 2.76. The van der Waals surface area contributed by atoms with Crippen LogP contribution in [0.5, 0.6) is 5.75 Å². The van der Waals surface area contributed by atoms with Gasteiger partial charge in [0.15, 0.2) is 0 Å². The largest absolute Gasteiger partial charge is 0.488 e. The van der Waals surface area contributed by atoms with Crippen LogP contribution in [0.2, 0.25) is 0 Å². The summed E-state index contributed by atoms with van der Waals surface area (Å²) < 4.78 is 6.12. The first-order valence-electron chi connectivity index (χ1n) is 8.46. The topological polar surface area (TPSA) is 24.5 Å². The second-order valence-corrected chi connectivity index (χ2v) is 6.55. The van der Waals surface area contributed by atoms with Crippen molar-refractivity contribution in [2.45, 2.75) is 51.7 Å². The summed E-state index contributed by atoms with van der Waals surface area (Å²) in [5.74, 6) is 1.09. The highest BCUT2D eigenvalue weighted by Crippen LogP contribution is 2.29. The number of likely N-dealkylation sites (N-methyl/N-ethyl adjacent to an activating group) is 1. The highest BCUT2D eigenvalue weighted by atomic mass is 16.5. The molecule has 1 N–H and O–H groups in total.